The van der Waals surface area contributed by atoms with E-state index in [0.29, 0.717) is 39.8 Å². The number of amides is 2. The van der Waals surface area contributed by atoms with Gasteiger partial charge in [0, 0.05) is 25.3 Å². The van der Waals surface area contributed by atoms with Gasteiger partial charge in [0.15, 0.2) is 10.8 Å². The molecular weight excluding hydrogens is 447 g/mol. The van der Waals surface area contributed by atoms with E-state index in [-0.39, 0.29) is 23.9 Å². The molecule has 2 N–H and O–H groups in total. The summed E-state index contributed by atoms with van der Waals surface area (Å²) >= 11 is 1.21. The number of anilines is 2. The molecule has 0 bridgehead atoms. The Labute approximate surface area is 193 Å². The highest BCUT2D eigenvalue weighted by Gasteiger charge is 2.27. The lowest BCUT2D eigenvalue weighted by atomic mass is 9.97. The average molecular weight is 473 g/mol. The number of hydrogen-bond acceptors (Lipinski definition) is 7. The van der Waals surface area contributed by atoms with E-state index in [1.165, 1.54) is 28.3 Å². The summed E-state index contributed by atoms with van der Waals surface area (Å²) in [5, 5.41) is 6.10. The van der Waals surface area contributed by atoms with E-state index in [9.17, 15) is 18.8 Å². The van der Waals surface area contributed by atoms with Crippen molar-refractivity contribution in [3.05, 3.63) is 46.3 Å². The molecule has 1 atom stereocenters. The lowest BCUT2D eigenvalue weighted by molar-refractivity contribution is -0.125. The smallest absolute Gasteiger partial charge is 0.273 e. The number of piperidine rings is 1. The van der Waals surface area contributed by atoms with E-state index >= 15 is 0 Å². The molecule has 0 aliphatic carbocycles. The molecule has 0 saturated carbocycles. The molecule has 2 aromatic heterocycles. The Morgan fingerprint density at radius 1 is 1.33 bits per heavy atom. The van der Waals surface area contributed by atoms with Crippen LogP contribution in [-0.4, -0.2) is 46.0 Å². The van der Waals surface area contributed by atoms with E-state index < -0.39 is 11.7 Å². The Balaban J connectivity index is 1.50. The van der Waals surface area contributed by atoms with Gasteiger partial charge in [0.25, 0.3) is 5.56 Å². The zero-order valence-corrected chi connectivity index (χ0v) is 19.2. The van der Waals surface area contributed by atoms with Gasteiger partial charge in [-0.3, -0.25) is 19.0 Å². The van der Waals surface area contributed by atoms with Crippen LogP contribution in [0.4, 0.5) is 15.2 Å². The van der Waals surface area contributed by atoms with E-state index in [4.69, 9.17) is 0 Å². The SMILES string of the molecule is CCNC(=O)[C@@H]1CCCN(c2nc3ncn(CC(=O)Nc4ccc(C)c(F)c4)c(=O)c3s2)C1. The fraction of sp³-hybridized carbons (Fsp3) is 0.409. The number of benzene rings is 1. The van der Waals surface area contributed by atoms with Gasteiger partial charge in [-0.05, 0) is 44.4 Å². The maximum atomic E-state index is 13.7. The topological polar surface area (TPSA) is 109 Å². The zero-order valence-electron chi connectivity index (χ0n) is 18.4. The van der Waals surface area contributed by atoms with Crippen molar-refractivity contribution in [2.75, 3.05) is 29.9 Å². The van der Waals surface area contributed by atoms with Gasteiger partial charge in [0.2, 0.25) is 11.8 Å². The van der Waals surface area contributed by atoms with Crippen molar-refractivity contribution in [1.29, 1.82) is 0 Å². The monoisotopic (exact) mass is 472 g/mol. The van der Waals surface area contributed by atoms with Gasteiger partial charge >= 0.3 is 0 Å². The summed E-state index contributed by atoms with van der Waals surface area (Å²) in [7, 11) is 0. The summed E-state index contributed by atoms with van der Waals surface area (Å²) in [6.45, 7) is 5.14. The minimum atomic E-state index is -0.466. The third kappa shape index (κ3) is 5.03. The number of halogens is 1. The molecule has 0 radical (unpaired) electrons. The van der Waals surface area contributed by atoms with Gasteiger partial charge in [-0.25, -0.2) is 9.37 Å². The minimum Gasteiger partial charge on any atom is -0.356 e. The summed E-state index contributed by atoms with van der Waals surface area (Å²) in [4.78, 5) is 48.3. The Hall–Kier alpha value is -3.34. The number of fused-ring (bicyclic) bond motifs is 1. The third-order valence-electron chi connectivity index (χ3n) is 5.56. The number of carbonyl (C=O) groups is 2. The molecule has 33 heavy (non-hydrogen) atoms. The fourth-order valence-electron chi connectivity index (χ4n) is 3.79. The predicted molar refractivity (Wildman–Crippen MR) is 125 cm³/mol. The summed E-state index contributed by atoms with van der Waals surface area (Å²) in [6, 6.07) is 4.41. The Kier molecular flexibility index (Phi) is 6.68. The predicted octanol–water partition coefficient (Wildman–Crippen LogP) is 2.29. The van der Waals surface area contributed by atoms with Crippen LogP contribution in [0.15, 0.2) is 29.3 Å². The molecule has 9 nitrogen and oxygen atoms in total. The molecule has 1 aromatic carbocycles. The lowest BCUT2D eigenvalue weighted by Crippen LogP contribution is -2.43. The molecule has 3 aromatic rings. The normalized spacial score (nSPS) is 16.1. The molecule has 11 heteroatoms. The third-order valence-corrected chi connectivity index (χ3v) is 6.65. The van der Waals surface area contributed by atoms with Gasteiger partial charge in [0.05, 0.1) is 5.92 Å². The molecule has 3 heterocycles. The second-order valence-electron chi connectivity index (χ2n) is 8.02. The molecule has 0 unspecified atom stereocenters. The van der Waals surface area contributed by atoms with Crippen molar-refractivity contribution >= 4 is 44.3 Å². The summed E-state index contributed by atoms with van der Waals surface area (Å²) in [5.74, 6) is -0.974. The first-order valence-electron chi connectivity index (χ1n) is 10.8. The summed E-state index contributed by atoms with van der Waals surface area (Å²) < 4.78 is 15.3. The first-order chi connectivity index (χ1) is 15.9. The summed E-state index contributed by atoms with van der Waals surface area (Å²) in [5.41, 5.74) is 0.742. The Bertz CT molecular complexity index is 1260. The number of rotatable bonds is 6. The van der Waals surface area contributed by atoms with E-state index in [0.717, 1.165) is 19.4 Å². The van der Waals surface area contributed by atoms with Crippen LogP contribution in [-0.2, 0) is 16.1 Å². The van der Waals surface area contributed by atoms with Crippen LogP contribution in [0.1, 0.15) is 25.3 Å². The van der Waals surface area contributed by atoms with E-state index in [1.807, 2.05) is 11.8 Å². The molecule has 1 aliphatic rings. The largest absolute Gasteiger partial charge is 0.356 e. The van der Waals surface area contributed by atoms with Crippen LogP contribution < -0.4 is 21.1 Å². The van der Waals surface area contributed by atoms with Gasteiger partial charge in [-0.1, -0.05) is 17.4 Å². The standard InChI is InChI=1S/C22H25FN6O3S/c1-3-24-20(31)14-5-4-8-28(10-14)22-27-19-18(33-22)21(32)29(12-25-19)11-17(30)26-15-7-6-13(2)16(23)9-15/h6-7,9,12,14H,3-5,8,10-11H2,1-2H3,(H,24,31)(H,26,30)/t14-/m1/s1. The number of hydrogen-bond donors (Lipinski definition) is 2. The van der Waals surface area contributed by atoms with Gasteiger partial charge in [-0.2, -0.15) is 4.98 Å². The maximum absolute atomic E-state index is 13.7. The number of thiazole rings is 1. The van der Waals surface area contributed by atoms with Crippen LogP contribution in [0.2, 0.25) is 0 Å². The molecular formula is C22H25FN6O3S. The van der Waals surface area contributed by atoms with Gasteiger partial charge < -0.3 is 15.5 Å². The first kappa shape index (κ1) is 22.8. The van der Waals surface area contributed by atoms with Crippen LogP contribution >= 0.6 is 11.3 Å². The quantitative estimate of drug-likeness (QED) is 0.570. The molecule has 2 amide bonds. The second-order valence-corrected chi connectivity index (χ2v) is 9.00. The highest BCUT2D eigenvalue weighted by molar-refractivity contribution is 7.22. The van der Waals surface area contributed by atoms with E-state index in [2.05, 4.69) is 20.6 Å². The van der Waals surface area contributed by atoms with Crippen molar-refractivity contribution in [3.63, 3.8) is 0 Å². The molecule has 1 aliphatic heterocycles. The van der Waals surface area contributed by atoms with Crippen molar-refractivity contribution in [3.8, 4) is 0 Å². The Morgan fingerprint density at radius 3 is 2.91 bits per heavy atom. The number of aromatic nitrogens is 3. The highest BCUT2D eigenvalue weighted by Crippen LogP contribution is 2.29. The van der Waals surface area contributed by atoms with Crippen molar-refractivity contribution in [2.24, 2.45) is 5.92 Å². The molecule has 4 rings (SSSR count). The average Bonchev–Trinajstić information content (AvgIpc) is 3.24. The number of carbonyl (C=O) groups excluding carboxylic acids is 2. The van der Waals surface area contributed by atoms with Crippen LogP contribution in [0.25, 0.3) is 10.3 Å². The number of nitrogens with one attached hydrogen (secondary N) is 2. The first-order valence-corrected chi connectivity index (χ1v) is 11.6. The second kappa shape index (κ2) is 9.65. The molecule has 0 spiro atoms. The fourth-order valence-corrected chi connectivity index (χ4v) is 4.80. The molecule has 1 saturated heterocycles. The van der Waals surface area contributed by atoms with Gasteiger partial charge in [-0.15, -0.1) is 0 Å². The number of aryl methyl sites for hydroxylation is 1. The van der Waals surface area contributed by atoms with Gasteiger partial charge in [0.1, 0.15) is 23.4 Å². The van der Waals surface area contributed by atoms with Crippen molar-refractivity contribution in [2.45, 2.75) is 33.2 Å². The van der Waals surface area contributed by atoms with Crippen molar-refractivity contribution < 1.29 is 14.0 Å². The zero-order chi connectivity index (χ0) is 23.5. The van der Waals surface area contributed by atoms with Crippen LogP contribution in [0.5, 0.6) is 0 Å². The Morgan fingerprint density at radius 2 is 2.15 bits per heavy atom. The van der Waals surface area contributed by atoms with Crippen molar-refractivity contribution in [1.82, 2.24) is 19.9 Å². The number of nitrogens with zero attached hydrogens (tertiary/aromatic N) is 4. The molecule has 174 valence electrons. The minimum absolute atomic E-state index is 0.0308. The van der Waals surface area contributed by atoms with E-state index in [1.54, 1.807) is 19.1 Å². The van der Waals surface area contributed by atoms with Crippen LogP contribution in [0.3, 0.4) is 0 Å². The highest BCUT2D eigenvalue weighted by atomic mass is 32.1. The van der Waals surface area contributed by atoms with Crippen LogP contribution in [0, 0.1) is 18.7 Å². The summed E-state index contributed by atoms with van der Waals surface area (Å²) in [6.07, 6.45) is 2.96. The molecule has 1 fully saturated rings. The lowest BCUT2D eigenvalue weighted by Gasteiger charge is -2.31. The maximum Gasteiger partial charge on any atom is 0.273 e.